The second-order valence-electron chi connectivity index (χ2n) is 5.93. The molecule has 0 aliphatic rings. The summed E-state index contributed by atoms with van der Waals surface area (Å²) < 4.78 is 5.26. The lowest BCUT2D eigenvalue weighted by Crippen LogP contribution is -2.45. The molecule has 0 radical (unpaired) electrons. The van der Waals surface area contributed by atoms with Gasteiger partial charge in [-0.25, -0.2) is 4.79 Å². The van der Waals surface area contributed by atoms with Crippen LogP contribution in [0.25, 0.3) is 0 Å². The normalized spacial score (nSPS) is 11.6. The second kappa shape index (κ2) is 10.2. The molecule has 6 heteroatoms. The molecule has 1 heterocycles. The van der Waals surface area contributed by atoms with Crippen molar-refractivity contribution in [1.29, 1.82) is 0 Å². The summed E-state index contributed by atoms with van der Waals surface area (Å²) in [6.45, 7) is 2.43. The maximum atomic E-state index is 11.8. The molecule has 0 unspecified atom stereocenters. The van der Waals surface area contributed by atoms with Crippen molar-refractivity contribution >= 4 is 11.9 Å². The van der Waals surface area contributed by atoms with Crippen molar-refractivity contribution in [3.8, 4) is 0 Å². The van der Waals surface area contributed by atoms with Gasteiger partial charge >= 0.3 is 6.03 Å². The molecular formula is C19H25N3O3. The first kappa shape index (κ1) is 18.6. The number of furan rings is 1. The number of rotatable bonds is 9. The largest absolute Gasteiger partial charge is 0.469 e. The van der Waals surface area contributed by atoms with Crippen molar-refractivity contribution in [3.63, 3.8) is 0 Å². The molecule has 0 spiro atoms. The molecule has 134 valence electrons. The minimum atomic E-state index is -0.342. The molecular weight excluding hydrogens is 318 g/mol. The van der Waals surface area contributed by atoms with Crippen LogP contribution in [0.4, 0.5) is 4.79 Å². The van der Waals surface area contributed by atoms with Gasteiger partial charge in [-0.05, 0) is 37.5 Å². The lowest BCUT2D eigenvalue weighted by Gasteiger charge is -2.14. The molecule has 0 aliphatic heterocycles. The molecule has 3 N–H and O–H groups in total. The molecule has 0 bridgehead atoms. The highest BCUT2D eigenvalue weighted by Gasteiger charge is 2.09. The number of carbonyl (C=O) groups excluding carboxylic acids is 2. The minimum Gasteiger partial charge on any atom is -0.469 e. The van der Waals surface area contributed by atoms with Crippen LogP contribution in [-0.4, -0.2) is 31.1 Å². The van der Waals surface area contributed by atoms with Crippen LogP contribution in [0.2, 0.25) is 0 Å². The number of hydrogen-bond donors (Lipinski definition) is 3. The van der Waals surface area contributed by atoms with Crippen molar-refractivity contribution in [3.05, 3.63) is 60.1 Å². The molecule has 0 fully saturated rings. The van der Waals surface area contributed by atoms with Crippen LogP contribution < -0.4 is 16.0 Å². The third kappa shape index (κ3) is 7.56. The molecule has 6 nitrogen and oxygen atoms in total. The first-order valence-electron chi connectivity index (χ1n) is 8.51. The van der Waals surface area contributed by atoms with E-state index in [9.17, 15) is 9.59 Å². The number of benzene rings is 1. The third-order valence-electron chi connectivity index (χ3n) is 3.77. The average Bonchev–Trinajstić information content (AvgIpc) is 3.13. The zero-order chi connectivity index (χ0) is 17.9. The van der Waals surface area contributed by atoms with Crippen LogP contribution in [0, 0.1) is 0 Å². The highest BCUT2D eigenvalue weighted by Crippen LogP contribution is 2.05. The van der Waals surface area contributed by atoms with Crippen LogP contribution in [0.5, 0.6) is 0 Å². The molecule has 2 rings (SSSR count). The van der Waals surface area contributed by atoms with Gasteiger partial charge in [0.05, 0.1) is 12.8 Å². The topological polar surface area (TPSA) is 83.4 Å². The molecule has 1 atom stereocenters. The van der Waals surface area contributed by atoms with Gasteiger partial charge in [0.25, 0.3) is 0 Å². The van der Waals surface area contributed by atoms with Gasteiger partial charge in [0, 0.05) is 19.0 Å². The van der Waals surface area contributed by atoms with E-state index in [2.05, 4.69) is 16.0 Å². The molecule has 0 aliphatic carbocycles. The summed E-state index contributed by atoms with van der Waals surface area (Å²) in [5.74, 6) is 0.696. The van der Waals surface area contributed by atoms with Gasteiger partial charge in [-0.3, -0.25) is 4.79 Å². The Hall–Kier alpha value is -2.76. The number of urea groups is 1. The van der Waals surface area contributed by atoms with E-state index in [1.165, 1.54) is 5.56 Å². The van der Waals surface area contributed by atoms with Gasteiger partial charge in [-0.15, -0.1) is 0 Å². The quantitative estimate of drug-likeness (QED) is 0.653. The minimum absolute atomic E-state index is 0.00811. The second-order valence-corrected chi connectivity index (χ2v) is 5.93. The van der Waals surface area contributed by atoms with Gasteiger partial charge in [0.2, 0.25) is 5.91 Å². The molecule has 1 aromatic heterocycles. The van der Waals surface area contributed by atoms with Crippen LogP contribution in [0.15, 0.2) is 53.1 Å². The predicted molar refractivity (Wildman–Crippen MR) is 96.2 cm³/mol. The Morgan fingerprint density at radius 1 is 1.04 bits per heavy atom. The maximum absolute atomic E-state index is 11.8. The van der Waals surface area contributed by atoms with Crippen LogP contribution in [0.1, 0.15) is 24.7 Å². The fraction of sp³-hybridized carbons (Fsp3) is 0.368. The Labute approximate surface area is 148 Å². The Kier molecular flexibility index (Phi) is 7.56. The first-order chi connectivity index (χ1) is 12.1. The van der Waals surface area contributed by atoms with Crippen molar-refractivity contribution in [2.24, 2.45) is 0 Å². The van der Waals surface area contributed by atoms with Crippen LogP contribution >= 0.6 is 0 Å². The smallest absolute Gasteiger partial charge is 0.315 e. The van der Waals surface area contributed by atoms with Gasteiger partial charge in [-0.1, -0.05) is 30.3 Å². The van der Waals surface area contributed by atoms with E-state index in [4.69, 9.17) is 4.42 Å². The highest BCUT2D eigenvalue weighted by atomic mass is 16.3. The zero-order valence-corrected chi connectivity index (χ0v) is 14.5. The van der Waals surface area contributed by atoms with E-state index in [0.717, 1.165) is 25.0 Å². The average molecular weight is 343 g/mol. The lowest BCUT2D eigenvalue weighted by molar-refractivity contribution is -0.120. The van der Waals surface area contributed by atoms with Crippen LogP contribution in [-0.2, 0) is 17.6 Å². The Morgan fingerprint density at radius 2 is 1.84 bits per heavy atom. The van der Waals surface area contributed by atoms with Crippen molar-refractivity contribution < 1.29 is 14.0 Å². The van der Waals surface area contributed by atoms with Gasteiger partial charge in [-0.2, -0.15) is 0 Å². The summed E-state index contributed by atoms with van der Waals surface area (Å²) in [5.41, 5.74) is 1.17. The summed E-state index contributed by atoms with van der Waals surface area (Å²) in [4.78, 5) is 23.5. The highest BCUT2D eigenvalue weighted by molar-refractivity contribution is 5.83. The van der Waals surface area contributed by atoms with Crippen molar-refractivity contribution in [2.75, 3.05) is 13.1 Å². The summed E-state index contributed by atoms with van der Waals surface area (Å²) >= 11 is 0. The number of carbonyl (C=O) groups is 2. The molecule has 0 saturated heterocycles. The van der Waals surface area contributed by atoms with E-state index in [0.29, 0.717) is 6.54 Å². The zero-order valence-electron chi connectivity index (χ0n) is 14.5. The van der Waals surface area contributed by atoms with E-state index in [1.807, 2.05) is 49.4 Å². The van der Waals surface area contributed by atoms with Crippen molar-refractivity contribution in [2.45, 2.75) is 32.2 Å². The lowest BCUT2D eigenvalue weighted by atomic mass is 10.1. The SMILES string of the molecule is C[C@H](CCc1ccco1)NC(=O)NCC(=O)NCCc1ccccc1. The van der Waals surface area contributed by atoms with Gasteiger partial charge in [0.1, 0.15) is 5.76 Å². The first-order valence-corrected chi connectivity index (χ1v) is 8.51. The van der Waals surface area contributed by atoms with E-state index >= 15 is 0 Å². The Morgan fingerprint density at radius 3 is 2.56 bits per heavy atom. The number of nitrogens with one attached hydrogen (secondary N) is 3. The Balaban J connectivity index is 1.55. The summed E-state index contributed by atoms with van der Waals surface area (Å²) in [7, 11) is 0. The van der Waals surface area contributed by atoms with E-state index in [-0.39, 0.29) is 24.5 Å². The summed E-state index contributed by atoms with van der Waals surface area (Å²) in [6, 6.07) is 13.3. The molecule has 1 aromatic carbocycles. The summed E-state index contributed by atoms with van der Waals surface area (Å²) in [5, 5.41) is 8.17. The van der Waals surface area contributed by atoms with Gasteiger partial charge < -0.3 is 20.4 Å². The maximum Gasteiger partial charge on any atom is 0.315 e. The number of hydrogen-bond acceptors (Lipinski definition) is 3. The molecule has 25 heavy (non-hydrogen) atoms. The number of aryl methyl sites for hydroxylation is 1. The Bertz CT molecular complexity index is 641. The van der Waals surface area contributed by atoms with Crippen LogP contribution in [0.3, 0.4) is 0 Å². The van der Waals surface area contributed by atoms with E-state index < -0.39 is 0 Å². The predicted octanol–water partition coefficient (Wildman–Crippen LogP) is 2.26. The molecule has 3 amide bonds. The summed E-state index contributed by atoms with van der Waals surface area (Å²) in [6.07, 6.45) is 3.93. The van der Waals surface area contributed by atoms with Gasteiger partial charge in [0.15, 0.2) is 0 Å². The number of amides is 3. The fourth-order valence-electron chi connectivity index (χ4n) is 2.37. The third-order valence-corrected chi connectivity index (χ3v) is 3.77. The fourth-order valence-corrected chi connectivity index (χ4v) is 2.37. The monoisotopic (exact) mass is 343 g/mol. The molecule has 2 aromatic rings. The van der Waals surface area contributed by atoms with Crippen molar-refractivity contribution in [1.82, 2.24) is 16.0 Å². The van der Waals surface area contributed by atoms with E-state index in [1.54, 1.807) is 6.26 Å². The molecule has 0 saturated carbocycles. The standard InChI is InChI=1S/C19H25N3O3/c1-15(9-10-17-8-5-13-25-17)22-19(24)21-14-18(23)20-12-11-16-6-3-2-4-7-16/h2-8,13,15H,9-12,14H2,1H3,(H,20,23)(H2,21,22,24)/t15-/m1/s1.